The molecule has 0 saturated carbocycles. The Bertz CT molecular complexity index is 1080. The summed E-state index contributed by atoms with van der Waals surface area (Å²) in [5.74, 6) is -0.389. The van der Waals surface area contributed by atoms with Gasteiger partial charge in [0.25, 0.3) is 5.91 Å². The van der Waals surface area contributed by atoms with Gasteiger partial charge in [0.2, 0.25) is 0 Å². The van der Waals surface area contributed by atoms with E-state index in [9.17, 15) is 23.1 Å². The lowest BCUT2D eigenvalue weighted by Crippen LogP contribution is -2.35. The number of hydrogen-bond donors (Lipinski definition) is 2. The van der Waals surface area contributed by atoms with Crippen molar-refractivity contribution in [3.8, 4) is 5.75 Å². The number of aromatic nitrogens is 2. The molecule has 9 heteroatoms. The fourth-order valence-electron chi connectivity index (χ4n) is 3.14. The number of ether oxygens (including phenoxy) is 1. The Morgan fingerprint density at radius 3 is 2.59 bits per heavy atom. The Hall–Kier alpha value is -3.33. The van der Waals surface area contributed by atoms with E-state index in [-0.39, 0.29) is 24.8 Å². The molecule has 0 spiro atoms. The highest BCUT2D eigenvalue weighted by molar-refractivity contribution is 5.94. The fourth-order valence-corrected chi connectivity index (χ4v) is 3.14. The van der Waals surface area contributed by atoms with E-state index in [0.29, 0.717) is 12.1 Å². The monoisotopic (exact) mass is 447 g/mol. The van der Waals surface area contributed by atoms with Gasteiger partial charge in [0.1, 0.15) is 18.5 Å². The second-order valence-electron chi connectivity index (χ2n) is 7.49. The van der Waals surface area contributed by atoms with Crippen LogP contribution in [0, 0.1) is 13.8 Å². The Labute approximate surface area is 183 Å². The van der Waals surface area contributed by atoms with Gasteiger partial charge in [-0.3, -0.25) is 9.48 Å². The predicted octanol–water partition coefficient (Wildman–Crippen LogP) is 3.74. The summed E-state index contributed by atoms with van der Waals surface area (Å²) in [6, 6.07) is 13.4. The van der Waals surface area contributed by atoms with Crippen LogP contribution in [0.4, 0.5) is 13.2 Å². The standard InChI is InChI=1S/C23H24F3N3O3/c1-15-9-16(2)29(28-15)13-17-5-3-6-18(10-17)22(31)27-12-20(30)14-32-21-8-4-7-19(11-21)23(24,25)26/h3-11,20,30H,12-14H2,1-2H3,(H,27,31). The molecule has 0 saturated heterocycles. The van der Waals surface area contributed by atoms with E-state index in [2.05, 4.69) is 10.4 Å². The van der Waals surface area contributed by atoms with Crippen LogP contribution in [0.5, 0.6) is 5.75 Å². The summed E-state index contributed by atoms with van der Waals surface area (Å²) < 4.78 is 45.3. The lowest BCUT2D eigenvalue weighted by atomic mass is 10.1. The summed E-state index contributed by atoms with van der Waals surface area (Å²) in [6.45, 7) is 4.02. The highest BCUT2D eigenvalue weighted by Gasteiger charge is 2.30. The van der Waals surface area contributed by atoms with Crippen LogP contribution < -0.4 is 10.1 Å². The topological polar surface area (TPSA) is 76.4 Å². The van der Waals surface area contributed by atoms with Crippen LogP contribution in [0.1, 0.15) is 32.9 Å². The molecule has 6 nitrogen and oxygen atoms in total. The molecule has 1 aromatic heterocycles. The minimum Gasteiger partial charge on any atom is -0.491 e. The minimum absolute atomic E-state index is 0.0120. The number of nitrogens with one attached hydrogen (secondary N) is 1. The van der Waals surface area contributed by atoms with Crippen molar-refractivity contribution in [2.45, 2.75) is 32.7 Å². The van der Waals surface area contributed by atoms with Gasteiger partial charge < -0.3 is 15.2 Å². The van der Waals surface area contributed by atoms with Gasteiger partial charge in [0, 0.05) is 17.8 Å². The molecule has 1 amide bonds. The highest BCUT2D eigenvalue weighted by atomic mass is 19.4. The van der Waals surface area contributed by atoms with E-state index >= 15 is 0 Å². The average molecular weight is 447 g/mol. The predicted molar refractivity (Wildman–Crippen MR) is 113 cm³/mol. The van der Waals surface area contributed by atoms with Gasteiger partial charge in [-0.1, -0.05) is 18.2 Å². The number of rotatable bonds is 8. The summed E-state index contributed by atoms with van der Waals surface area (Å²) in [5, 5.41) is 17.1. The first-order valence-corrected chi connectivity index (χ1v) is 9.98. The second-order valence-corrected chi connectivity index (χ2v) is 7.49. The number of aliphatic hydroxyl groups is 1. The molecule has 0 fully saturated rings. The van der Waals surface area contributed by atoms with Gasteiger partial charge >= 0.3 is 6.18 Å². The average Bonchev–Trinajstić information content (AvgIpc) is 3.06. The summed E-state index contributed by atoms with van der Waals surface area (Å²) in [6.07, 6.45) is -5.57. The fraction of sp³-hybridized carbons (Fsp3) is 0.304. The van der Waals surface area contributed by atoms with Crippen LogP contribution in [0.25, 0.3) is 0 Å². The zero-order valence-electron chi connectivity index (χ0n) is 17.7. The first-order valence-electron chi connectivity index (χ1n) is 9.98. The van der Waals surface area contributed by atoms with E-state index in [0.717, 1.165) is 29.1 Å². The van der Waals surface area contributed by atoms with Crippen molar-refractivity contribution in [1.29, 1.82) is 0 Å². The third kappa shape index (κ3) is 6.34. The van der Waals surface area contributed by atoms with Crippen LogP contribution in [0.3, 0.4) is 0 Å². The summed E-state index contributed by atoms with van der Waals surface area (Å²) >= 11 is 0. The first kappa shape index (κ1) is 23.3. The Kier molecular flexibility index (Phi) is 7.19. The Morgan fingerprint density at radius 2 is 1.91 bits per heavy atom. The van der Waals surface area contributed by atoms with Crippen molar-refractivity contribution in [1.82, 2.24) is 15.1 Å². The molecule has 3 rings (SSSR count). The molecule has 0 aliphatic rings. The molecule has 2 N–H and O–H groups in total. The number of alkyl halides is 3. The van der Waals surface area contributed by atoms with E-state index in [1.807, 2.05) is 30.7 Å². The summed E-state index contributed by atoms with van der Waals surface area (Å²) in [4.78, 5) is 12.4. The lowest BCUT2D eigenvalue weighted by molar-refractivity contribution is -0.137. The molecule has 0 radical (unpaired) electrons. The third-order valence-corrected chi connectivity index (χ3v) is 4.73. The van der Waals surface area contributed by atoms with Gasteiger partial charge in [0.05, 0.1) is 17.8 Å². The largest absolute Gasteiger partial charge is 0.491 e. The Morgan fingerprint density at radius 1 is 1.16 bits per heavy atom. The van der Waals surface area contributed by atoms with E-state index < -0.39 is 17.8 Å². The Balaban J connectivity index is 1.51. The van der Waals surface area contributed by atoms with Gasteiger partial charge in [0.15, 0.2) is 0 Å². The van der Waals surface area contributed by atoms with Crippen LogP contribution >= 0.6 is 0 Å². The molecule has 170 valence electrons. The number of nitrogens with zero attached hydrogens (tertiary/aromatic N) is 2. The molecule has 1 heterocycles. The van der Waals surface area contributed by atoms with Crippen molar-refractivity contribution in [2.24, 2.45) is 0 Å². The van der Waals surface area contributed by atoms with E-state index in [4.69, 9.17) is 4.74 Å². The number of carbonyl (C=O) groups excluding carboxylic acids is 1. The smallest absolute Gasteiger partial charge is 0.416 e. The number of benzene rings is 2. The van der Waals surface area contributed by atoms with Crippen LogP contribution in [-0.4, -0.2) is 40.0 Å². The lowest BCUT2D eigenvalue weighted by Gasteiger charge is -2.15. The molecule has 3 aromatic rings. The summed E-state index contributed by atoms with van der Waals surface area (Å²) in [5.41, 5.74) is 2.42. The summed E-state index contributed by atoms with van der Waals surface area (Å²) in [7, 11) is 0. The van der Waals surface area contributed by atoms with Crippen molar-refractivity contribution in [2.75, 3.05) is 13.2 Å². The van der Waals surface area contributed by atoms with E-state index in [1.165, 1.54) is 12.1 Å². The van der Waals surface area contributed by atoms with E-state index in [1.54, 1.807) is 18.2 Å². The van der Waals surface area contributed by atoms with Crippen LogP contribution in [-0.2, 0) is 12.7 Å². The number of hydrogen-bond acceptors (Lipinski definition) is 4. The number of amides is 1. The quantitative estimate of drug-likeness (QED) is 0.552. The number of halogens is 3. The minimum atomic E-state index is -4.48. The molecular weight excluding hydrogens is 423 g/mol. The highest BCUT2D eigenvalue weighted by Crippen LogP contribution is 2.31. The molecule has 32 heavy (non-hydrogen) atoms. The van der Waals surface area contributed by atoms with Gasteiger partial charge in [-0.25, -0.2) is 0 Å². The third-order valence-electron chi connectivity index (χ3n) is 4.73. The van der Waals surface area contributed by atoms with Gasteiger partial charge in [-0.15, -0.1) is 0 Å². The second kappa shape index (κ2) is 9.86. The maximum Gasteiger partial charge on any atom is 0.416 e. The van der Waals surface area contributed by atoms with Gasteiger partial charge in [-0.05, 0) is 55.8 Å². The van der Waals surface area contributed by atoms with Crippen LogP contribution in [0.15, 0.2) is 54.6 Å². The van der Waals surface area contributed by atoms with Crippen molar-refractivity contribution in [3.63, 3.8) is 0 Å². The molecule has 0 aliphatic heterocycles. The number of aryl methyl sites for hydroxylation is 2. The van der Waals surface area contributed by atoms with Crippen molar-refractivity contribution < 1.29 is 27.8 Å². The normalized spacial score (nSPS) is 12.4. The molecule has 0 bridgehead atoms. The van der Waals surface area contributed by atoms with Crippen molar-refractivity contribution >= 4 is 5.91 Å². The molecular formula is C23H24F3N3O3. The zero-order chi connectivity index (χ0) is 23.3. The molecule has 1 unspecified atom stereocenters. The maximum absolute atomic E-state index is 12.8. The SMILES string of the molecule is Cc1cc(C)n(Cc2cccc(C(=O)NCC(O)COc3cccc(C(F)(F)F)c3)c2)n1. The number of aliphatic hydroxyl groups excluding tert-OH is 1. The van der Waals surface area contributed by atoms with Crippen molar-refractivity contribution in [3.05, 3.63) is 82.7 Å². The molecule has 0 aliphatic carbocycles. The maximum atomic E-state index is 12.8. The molecule has 2 aromatic carbocycles. The molecule has 1 atom stereocenters. The zero-order valence-corrected chi connectivity index (χ0v) is 17.7. The van der Waals surface area contributed by atoms with Gasteiger partial charge in [-0.2, -0.15) is 18.3 Å². The number of carbonyl (C=O) groups is 1. The van der Waals surface area contributed by atoms with Crippen LogP contribution in [0.2, 0.25) is 0 Å². The first-order chi connectivity index (χ1) is 15.1.